The smallest absolute Gasteiger partial charge is 0.342 e. The number of aromatic amines is 1. The summed E-state index contributed by atoms with van der Waals surface area (Å²) in [5.74, 6) is 1.42. The van der Waals surface area contributed by atoms with Gasteiger partial charge in [0.25, 0.3) is 0 Å². The van der Waals surface area contributed by atoms with E-state index < -0.39 is 11.7 Å². The molecule has 178 valence electrons. The van der Waals surface area contributed by atoms with Gasteiger partial charge in [-0.2, -0.15) is 18.3 Å². The van der Waals surface area contributed by atoms with E-state index in [4.69, 9.17) is 15.8 Å². The second-order valence-electron chi connectivity index (χ2n) is 8.37. The first-order valence-corrected chi connectivity index (χ1v) is 10.8. The Balaban J connectivity index is 1.83. The Bertz CT molecular complexity index is 1230. The minimum absolute atomic E-state index is 0.0266. The summed E-state index contributed by atoms with van der Waals surface area (Å²) < 4.78 is 38.9. The Labute approximate surface area is 194 Å². The van der Waals surface area contributed by atoms with Crippen molar-refractivity contribution in [1.82, 2.24) is 20.2 Å². The van der Waals surface area contributed by atoms with E-state index in [1.54, 1.807) is 13.1 Å². The number of H-pyrrole nitrogens is 1. The lowest BCUT2D eigenvalue weighted by atomic mass is 10.0. The summed E-state index contributed by atoms with van der Waals surface area (Å²) in [5, 5.41) is 23.8. The van der Waals surface area contributed by atoms with E-state index >= 15 is 0 Å². The molecule has 1 aliphatic rings. The largest absolute Gasteiger partial charge is 0.416 e. The van der Waals surface area contributed by atoms with Crippen molar-refractivity contribution in [2.75, 3.05) is 9.80 Å². The molecule has 0 unspecified atom stereocenters. The third-order valence-corrected chi connectivity index (χ3v) is 5.79. The monoisotopic (exact) mass is 470 g/mol. The molecule has 1 aromatic carbocycles. The van der Waals surface area contributed by atoms with E-state index in [0.717, 1.165) is 12.1 Å². The first kappa shape index (κ1) is 23.4. The lowest BCUT2D eigenvalue weighted by Crippen LogP contribution is -2.56. The normalized spacial score (nSPS) is 16.2. The van der Waals surface area contributed by atoms with E-state index in [9.17, 15) is 13.2 Å². The van der Waals surface area contributed by atoms with Gasteiger partial charge in [-0.3, -0.25) is 20.8 Å². The number of aromatic nitrogens is 4. The summed E-state index contributed by atoms with van der Waals surface area (Å²) in [5.41, 5.74) is 1.37. The summed E-state index contributed by atoms with van der Waals surface area (Å²) in [6.07, 6.45) is -0.646. The molecule has 0 saturated carbocycles. The third kappa shape index (κ3) is 3.91. The maximum Gasteiger partial charge on any atom is 0.416 e. The molecule has 0 fully saturated rings. The Morgan fingerprint density at radius 3 is 2.41 bits per heavy atom. The molecule has 0 saturated heterocycles. The molecular weight excluding hydrogens is 445 g/mol. The Hall–Kier alpha value is -3.76. The van der Waals surface area contributed by atoms with E-state index in [2.05, 4.69) is 15.2 Å². The minimum atomic E-state index is -4.42. The van der Waals surface area contributed by atoms with Crippen LogP contribution >= 0.6 is 0 Å². The van der Waals surface area contributed by atoms with Crippen LogP contribution in [0.5, 0.6) is 0 Å². The van der Waals surface area contributed by atoms with Crippen LogP contribution in [-0.2, 0) is 6.18 Å². The summed E-state index contributed by atoms with van der Waals surface area (Å²) in [6.45, 7) is 7.63. The summed E-state index contributed by atoms with van der Waals surface area (Å²) in [4.78, 5) is 12.9. The van der Waals surface area contributed by atoms with Gasteiger partial charge in [-0.15, -0.1) is 0 Å². The van der Waals surface area contributed by atoms with Gasteiger partial charge in [-0.1, -0.05) is 19.1 Å². The number of halogens is 3. The van der Waals surface area contributed by atoms with Crippen LogP contribution in [0, 0.1) is 10.8 Å². The lowest BCUT2D eigenvalue weighted by Gasteiger charge is -2.45. The molecular formula is C23H25F3N8. The summed E-state index contributed by atoms with van der Waals surface area (Å²) >= 11 is 0. The van der Waals surface area contributed by atoms with E-state index in [1.807, 2.05) is 25.7 Å². The highest BCUT2D eigenvalue weighted by atomic mass is 19.4. The van der Waals surface area contributed by atoms with Gasteiger partial charge in [0.1, 0.15) is 17.4 Å². The van der Waals surface area contributed by atoms with Gasteiger partial charge in [-0.05, 0) is 39.3 Å². The highest BCUT2D eigenvalue weighted by molar-refractivity contribution is 6.21. The molecule has 1 aliphatic heterocycles. The minimum Gasteiger partial charge on any atom is -0.342 e. The van der Waals surface area contributed by atoms with Gasteiger partial charge in [0.05, 0.1) is 35.3 Å². The second-order valence-corrected chi connectivity index (χ2v) is 8.37. The standard InChI is InChI=1S/C23H25F3N8/c1-5-17-20(28)34(13(4)27)18-11-29-21(31-22(18)33(17)12(2)3)16-10-30-32-19(16)14-6-8-15(9-7-14)23(24,25)26/h6-12,17,27-28H,5H2,1-4H3,(H,30,32)/t17-/m1/s1. The quantitative estimate of drug-likeness (QED) is 0.352. The van der Waals surface area contributed by atoms with Crippen molar-refractivity contribution in [2.24, 2.45) is 0 Å². The third-order valence-electron chi connectivity index (χ3n) is 5.79. The molecule has 34 heavy (non-hydrogen) atoms. The lowest BCUT2D eigenvalue weighted by molar-refractivity contribution is -0.137. The van der Waals surface area contributed by atoms with Crippen LogP contribution in [0.25, 0.3) is 22.6 Å². The maximum absolute atomic E-state index is 13.0. The van der Waals surface area contributed by atoms with Crippen LogP contribution in [0.15, 0.2) is 36.7 Å². The van der Waals surface area contributed by atoms with E-state index in [-0.39, 0.29) is 17.9 Å². The number of nitrogens with zero attached hydrogens (tertiary/aromatic N) is 5. The fourth-order valence-corrected chi connectivity index (χ4v) is 4.26. The molecule has 1 atom stereocenters. The first-order valence-electron chi connectivity index (χ1n) is 10.8. The second kappa shape index (κ2) is 8.54. The first-order chi connectivity index (χ1) is 16.0. The van der Waals surface area contributed by atoms with Gasteiger partial charge in [0.15, 0.2) is 11.6 Å². The molecule has 0 amide bonds. The van der Waals surface area contributed by atoms with Crippen LogP contribution < -0.4 is 9.80 Å². The fourth-order valence-electron chi connectivity index (χ4n) is 4.26. The zero-order valence-electron chi connectivity index (χ0n) is 19.2. The molecule has 4 rings (SSSR count). The number of amidine groups is 2. The maximum atomic E-state index is 13.0. The Morgan fingerprint density at radius 1 is 1.18 bits per heavy atom. The number of hydrogen-bond donors (Lipinski definition) is 3. The number of anilines is 2. The van der Waals surface area contributed by atoms with Crippen molar-refractivity contribution >= 4 is 23.2 Å². The molecule has 11 heteroatoms. The highest BCUT2D eigenvalue weighted by Gasteiger charge is 2.38. The van der Waals surface area contributed by atoms with Crippen molar-refractivity contribution in [3.63, 3.8) is 0 Å². The Kier molecular flexibility index (Phi) is 5.88. The van der Waals surface area contributed by atoms with Crippen LogP contribution in [0.1, 0.15) is 39.7 Å². The summed E-state index contributed by atoms with van der Waals surface area (Å²) in [6, 6.07) is 4.57. The van der Waals surface area contributed by atoms with Crippen molar-refractivity contribution in [1.29, 1.82) is 10.8 Å². The average molecular weight is 471 g/mol. The van der Waals surface area contributed by atoms with Gasteiger partial charge in [-0.25, -0.2) is 9.97 Å². The molecule has 3 aromatic rings. The summed E-state index contributed by atoms with van der Waals surface area (Å²) in [7, 11) is 0. The zero-order chi connectivity index (χ0) is 24.8. The molecule has 3 heterocycles. The number of nitrogens with one attached hydrogen (secondary N) is 3. The van der Waals surface area contributed by atoms with Crippen molar-refractivity contribution in [3.05, 3.63) is 42.2 Å². The van der Waals surface area contributed by atoms with Crippen molar-refractivity contribution < 1.29 is 13.2 Å². The predicted molar refractivity (Wildman–Crippen MR) is 125 cm³/mol. The van der Waals surface area contributed by atoms with Gasteiger partial charge in [0, 0.05) is 11.6 Å². The predicted octanol–water partition coefficient (Wildman–Crippen LogP) is 5.34. The molecule has 3 N–H and O–H groups in total. The molecule has 0 spiro atoms. The Morgan fingerprint density at radius 2 is 1.85 bits per heavy atom. The SMILES string of the molecule is CC[C@@H]1C(=N)N(C(C)=N)c2cnc(-c3cn[nH]c3-c3ccc(C(F)(F)F)cc3)nc2N1C(C)C. The average Bonchev–Trinajstić information content (AvgIpc) is 3.27. The molecule has 0 bridgehead atoms. The van der Waals surface area contributed by atoms with Gasteiger partial charge >= 0.3 is 6.18 Å². The van der Waals surface area contributed by atoms with Crippen LogP contribution in [0.2, 0.25) is 0 Å². The molecule has 8 nitrogen and oxygen atoms in total. The highest BCUT2D eigenvalue weighted by Crippen LogP contribution is 2.39. The number of rotatable bonds is 4. The van der Waals surface area contributed by atoms with E-state index in [0.29, 0.717) is 46.4 Å². The van der Waals surface area contributed by atoms with Crippen molar-refractivity contribution in [3.8, 4) is 22.6 Å². The zero-order valence-corrected chi connectivity index (χ0v) is 19.2. The van der Waals surface area contributed by atoms with Crippen LogP contribution in [0.3, 0.4) is 0 Å². The van der Waals surface area contributed by atoms with Gasteiger partial charge in [0.2, 0.25) is 0 Å². The van der Waals surface area contributed by atoms with Crippen LogP contribution in [-0.4, -0.2) is 43.9 Å². The molecule has 2 aromatic heterocycles. The molecule has 0 aliphatic carbocycles. The van der Waals surface area contributed by atoms with Crippen molar-refractivity contribution in [2.45, 2.75) is 52.4 Å². The molecule has 0 radical (unpaired) electrons. The van der Waals surface area contributed by atoms with Crippen LogP contribution in [0.4, 0.5) is 24.7 Å². The number of hydrogen-bond acceptors (Lipinski definition) is 6. The van der Waals surface area contributed by atoms with Gasteiger partial charge < -0.3 is 4.90 Å². The number of alkyl halides is 3. The number of benzene rings is 1. The van der Waals surface area contributed by atoms with E-state index in [1.165, 1.54) is 23.2 Å². The topological polar surface area (TPSA) is 109 Å². The number of fused-ring (bicyclic) bond motifs is 1. The fraction of sp³-hybridized carbons (Fsp3) is 0.348.